The summed E-state index contributed by atoms with van der Waals surface area (Å²) in [7, 11) is 0. The Bertz CT molecular complexity index is 815. The van der Waals surface area contributed by atoms with E-state index in [1.165, 1.54) is 0 Å². The first-order chi connectivity index (χ1) is 13.5. The minimum Gasteiger partial charge on any atom is -0.494 e. The normalized spacial score (nSPS) is 16.4. The Labute approximate surface area is 165 Å². The number of nitrogens with one attached hydrogen (secondary N) is 1. The van der Waals surface area contributed by atoms with E-state index in [1.54, 1.807) is 17.0 Å². The van der Waals surface area contributed by atoms with Crippen LogP contribution in [0.4, 0.5) is 11.4 Å². The molecule has 148 valence electrons. The number of carbonyl (C=O) groups excluding carboxylic acids is 2. The molecule has 1 heterocycles. The van der Waals surface area contributed by atoms with Gasteiger partial charge in [0.1, 0.15) is 11.5 Å². The van der Waals surface area contributed by atoms with Crippen molar-refractivity contribution in [2.45, 2.75) is 33.3 Å². The molecule has 0 unspecified atom stereocenters. The van der Waals surface area contributed by atoms with Gasteiger partial charge in [-0.25, -0.2) is 0 Å². The number of anilines is 2. The monoisotopic (exact) mass is 382 g/mol. The maximum absolute atomic E-state index is 12.6. The van der Waals surface area contributed by atoms with E-state index in [-0.39, 0.29) is 30.3 Å². The fourth-order valence-electron chi connectivity index (χ4n) is 3.16. The molecule has 1 fully saturated rings. The van der Waals surface area contributed by atoms with Crippen molar-refractivity contribution in [2.24, 2.45) is 5.92 Å². The van der Waals surface area contributed by atoms with Crippen LogP contribution in [0.3, 0.4) is 0 Å². The number of rotatable bonds is 7. The van der Waals surface area contributed by atoms with Gasteiger partial charge < -0.3 is 19.7 Å². The van der Waals surface area contributed by atoms with E-state index < -0.39 is 0 Å². The molecule has 0 spiro atoms. The molecule has 1 saturated heterocycles. The summed E-state index contributed by atoms with van der Waals surface area (Å²) in [5.41, 5.74) is 1.46. The maximum atomic E-state index is 12.6. The van der Waals surface area contributed by atoms with Gasteiger partial charge in [0.15, 0.2) is 0 Å². The van der Waals surface area contributed by atoms with E-state index in [2.05, 4.69) is 5.32 Å². The van der Waals surface area contributed by atoms with E-state index >= 15 is 0 Å². The summed E-state index contributed by atoms with van der Waals surface area (Å²) in [5, 5.41) is 2.88. The zero-order valence-corrected chi connectivity index (χ0v) is 16.5. The molecule has 0 bridgehead atoms. The maximum Gasteiger partial charge on any atom is 0.229 e. The SMILES string of the molecule is CCOc1ccc(NC(=O)[C@@H]2CC(=O)N(c3ccc(OC(C)C)cc3)C2)cc1. The molecule has 6 heteroatoms. The number of amides is 2. The Balaban J connectivity index is 1.60. The largest absolute Gasteiger partial charge is 0.494 e. The van der Waals surface area contributed by atoms with Crippen LogP contribution in [0.1, 0.15) is 27.2 Å². The molecule has 6 nitrogen and oxygen atoms in total. The van der Waals surface area contributed by atoms with E-state index in [4.69, 9.17) is 9.47 Å². The lowest BCUT2D eigenvalue weighted by Gasteiger charge is -2.18. The average Bonchev–Trinajstić information content (AvgIpc) is 3.06. The molecule has 1 aliphatic heterocycles. The van der Waals surface area contributed by atoms with Crippen molar-refractivity contribution in [3.8, 4) is 11.5 Å². The van der Waals surface area contributed by atoms with Crippen LogP contribution >= 0.6 is 0 Å². The van der Waals surface area contributed by atoms with Crippen LogP contribution in [-0.2, 0) is 9.59 Å². The average molecular weight is 382 g/mol. The summed E-state index contributed by atoms with van der Waals surface area (Å²) in [4.78, 5) is 26.7. The zero-order valence-electron chi connectivity index (χ0n) is 16.5. The van der Waals surface area contributed by atoms with Crippen LogP contribution in [0.2, 0.25) is 0 Å². The molecule has 1 aliphatic rings. The first-order valence-electron chi connectivity index (χ1n) is 9.57. The standard InChI is InChI=1S/C22H26N2O4/c1-4-27-19-9-5-17(6-10-19)23-22(26)16-13-21(25)24(14-16)18-7-11-20(12-8-18)28-15(2)3/h5-12,15-16H,4,13-14H2,1-3H3,(H,23,26)/t16-/m1/s1. The van der Waals surface area contributed by atoms with Gasteiger partial charge in [0.25, 0.3) is 0 Å². The summed E-state index contributed by atoms with van der Waals surface area (Å²) in [6, 6.07) is 14.6. The summed E-state index contributed by atoms with van der Waals surface area (Å²) in [5.74, 6) is 0.928. The molecular formula is C22H26N2O4. The molecule has 2 aromatic rings. The second kappa shape index (κ2) is 8.78. The molecule has 0 aromatic heterocycles. The summed E-state index contributed by atoms with van der Waals surface area (Å²) < 4.78 is 11.0. The molecule has 1 N–H and O–H groups in total. The van der Waals surface area contributed by atoms with Gasteiger partial charge in [0.2, 0.25) is 11.8 Å². The van der Waals surface area contributed by atoms with Crippen molar-refractivity contribution in [1.29, 1.82) is 0 Å². The Morgan fingerprint density at radius 1 is 1.11 bits per heavy atom. The van der Waals surface area contributed by atoms with E-state index in [9.17, 15) is 9.59 Å². The van der Waals surface area contributed by atoms with Crippen molar-refractivity contribution < 1.29 is 19.1 Å². The van der Waals surface area contributed by atoms with Gasteiger partial charge >= 0.3 is 0 Å². The molecule has 0 saturated carbocycles. The van der Waals surface area contributed by atoms with Gasteiger partial charge in [0, 0.05) is 24.3 Å². The second-order valence-corrected chi connectivity index (χ2v) is 7.01. The van der Waals surface area contributed by atoms with Crippen LogP contribution < -0.4 is 19.7 Å². The highest BCUT2D eigenvalue weighted by Gasteiger charge is 2.35. The van der Waals surface area contributed by atoms with Crippen LogP contribution in [0.25, 0.3) is 0 Å². The Morgan fingerprint density at radius 3 is 2.36 bits per heavy atom. The van der Waals surface area contributed by atoms with Gasteiger partial charge in [-0.3, -0.25) is 9.59 Å². The molecule has 2 aromatic carbocycles. The summed E-state index contributed by atoms with van der Waals surface area (Å²) in [6.07, 6.45) is 0.294. The van der Waals surface area contributed by atoms with Crippen LogP contribution in [0.15, 0.2) is 48.5 Å². The van der Waals surface area contributed by atoms with E-state index in [0.29, 0.717) is 18.8 Å². The van der Waals surface area contributed by atoms with Crippen molar-refractivity contribution in [1.82, 2.24) is 0 Å². The predicted molar refractivity (Wildman–Crippen MR) is 109 cm³/mol. The van der Waals surface area contributed by atoms with Gasteiger partial charge in [-0.05, 0) is 69.3 Å². The fourth-order valence-corrected chi connectivity index (χ4v) is 3.16. The number of hydrogen-bond acceptors (Lipinski definition) is 4. The number of benzene rings is 2. The third-order valence-corrected chi connectivity index (χ3v) is 4.45. The topological polar surface area (TPSA) is 67.9 Å². The van der Waals surface area contributed by atoms with E-state index in [0.717, 1.165) is 17.2 Å². The minimum absolute atomic E-state index is 0.0515. The number of hydrogen-bond donors (Lipinski definition) is 1. The van der Waals surface area contributed by atoms with Gasteiger partial charge in [0.05, 0.1) is 18.6 Å². The van der Waals surface area contributed by atoms with Gasteiger partial charge in [-0.1, -0.05) is 0 Å². The smallest absolute Gasteiger partial charge is 0.229 e. The lowest BCUT2D eigenvalue weighted by Crippen LogP contribution is -2.28. The first kappa shape index (κ1) is 19.7. The third-order valence-electron chi connectivity index (χ3n) is 4.45. The zero-order chi connectivity index (χ0) is 20.1. The van der Waals surface area contributed by atoms with E-state index in [1.807, 2.05) is 57.2 Å². The highest BCUT2D eigenvalue weighted by molar-refractivity contribution is 6.03. The van der Waals surface area contributed by atoms with Crippen LogP contribution in [0.5, 0.6) is 11.5 Å². The highest BCUT2D eigenvalue weighted by atomic mass is 16.5. The van der Waals surface area contributed by atoms with Gasteiger partial charge in [-0.15, -0.1) is 0 Å². The minimum atomic E-state index is -0.384. The Hall–Kier alpha value is -3.02. The highest BCUT2D eigenvalue weighted by Crippen LogP contribution is 2.28. The number of nitrogens with zero attached hydrogens (tertiary/aromatic N) is 1. The lowest BCUT2D eigenvalue weighted by atomic mass is 10.1. The van der Waals surface area contributed by atoms with Crippen LogP contribution in [-0.4, -0.2) is 31.1 Å². The van der Waals surface area contributed by atoms with Crippen molar-refractivity contribution in [3.63, 3.8) is 0 Å². The molecule has 3 rings (SSSR count). The first-order valence-corrected chi connectivity index (χ1v) is 9.57. The lowest BCUT2D eigenvalue weighted by molar-refractivity contribution is -0.122. The molecule has 28 heavy (non-hydrogen) atoms. The van der Waals surface area contributed by atoms with Crippen molar-refractivity contribution in [2.75, 3.05) is 23.4 Å². The quantitative estimate of drug-likeness (QED) is 0.789. The molecule has 1 atom stereocenters. The second-order valence-electron chi connectivity index (χ2n) is 7.01. The molecular weight excluding hydrogens is 356 g/mol. The predicted octanol–water partition coefficient (Wildman–Crippen LogP) is 3.86. The fraction of sp³-hybridized carbons (Fsp3) is 0.364. The summed E-state index contributed by atoms with van der Waals surface area (Å²) in [6.45, 7) is 6.81. The number of ether oxygens (including phenoxy) is 2. The molecule has 0 radical (unpaired) electrons. The van der Waals surface area contributed by atoms with Crippen molar-refractivity contribution in [3.05, 3.63) is 48.5 Å². The van der Waals surface area contributed by atoms with Crippen molar-refractivity contribution >= 4 is 23.2 Å². The third kappa shape index (κ3) is 4.82. The molecule has 0 aliphatic carbocycles. The summed E-state index contributed by atoms with van der Waals surface area (Å²) >= 11 is 0. The Kier molecular flexibility index (Phi) is 6.19. The molecule has 2 amide bonds. The Morgan fingerprint density at radius 2 is 1.75 bits per heavy atom. The number of carbonyl (C=O) groups is 2. The van der Waals surface area contributed by atoms with Crippen LogP contribution in [0, 0.1) is 5.92 Å². The van der Waals surface area contributed by atoms with Gasteiger partial charge in [-0.2, -0.15) is 0 Å².